The lowest BCUT2D eigenvalue weighted by atomic mass is 10.1. The fourth-order valence-corrected chi connectivity index (χ4v) is 3.51. The van der Waals surface area contributed by atoms with Crippen molar-refractivity contribution in [2.24, 2.45) is 0 Å². The second-order valence-electron chi connectivity index (χ2n) is 6.65. The summed E-state index contributed by atoms with van der Waals surface area (Å²) < 4.78 is 0. The molecule has 0 saturated carbocycles. The molecule has 5 heteroatoms. The van der Waals surface area contributed by atoms with Crippen LogP contribution in [0.25, 0.3) is 0 Å². The first-order valence-electron chi connectivity index (χ1n) is 9.30. The molecule has 1 aromatic carbocycles. The number of benzene rings is 1. The molecule has 0 bridgehead atoms. The van der Waals surface area contributed by atoms with Gasteiger partial charge in [0.05, 0.1) is 16.7 Å². The third-order valence-electron chi connectivity index (χ3n) is 4.57. The molecular weight excluding hydrogens is 375 g/mol. The highest BCUT2D eigenvalue weighted by Crippen LogP contribution is 2.26. The van der Waals surface area contributed by atoms with Crippen molar-refractivity contribution in [3.63, 3.8) is 0 Å². The summed E-state index contributed by atoms with van der Waals surface area (Å²) in [4.78, 5) is 4.84. The highest BCUT2D eigenvalue weighted by molar-refractivity contribution is 6.42. The maximum absolute atomic E-state index is 6.24. The summed E-state index contributed by atoms with van der Waals surface area (Å²) in [5.74, 6) is 0. The van der Waals surface area contributed by atoms with E-state index in [4.69, 9.17) is 23.2 Å². The highest BCUT2D eigenvalue weighted by Gasteiger charge is 2.11. The van der Waals surface area contributed by atoms with E-state index in [2.05, 4.69) is 35.2 Å². The highest BCUT2D eigenvalue weighted by atomic mass is 35.5. The molecule has 25 heavy (non-hydrogen) atoms. The van der Waals surface area contributed by atoms with Gasteiger partial charge in [-0.3, -0.25) is 0 Å². The molecule has 0 radical (unpaired) electrons. The van der Waals surface area contributed by atoms with Crippen LogP contribution in [0.15, 0.2) is 30.6 Å². The Balaban J connectivity index is 0.00000312. The Hall–Kier alpha value is -0.570. The van der Waals surface area contributed by atoms with E-state index in [9.17, 15) is 0 Å². The van der Waals surface area contributed by atoms with Crippen LogP contribution in [0, 0.1) is 0 Å². The number of hydrogen-bond donors (Lipinski definition) is 0. The predicted molar refractivity (Wildman–Crippen MR) is 113 cm³/mol. The van der Waals surface area contributed by atoms with Gasteiger partial charge < -0.3 is 9.80 Å². The fraction of sp³-hybridized carbons (Fsp3) is 0.600. The zero-order chi connectivity index (χ0) is 17.2. The van der Waals surface area contributed by atoms with E-state index in [1.807, 2.05) is 12.1 Å². The summed E-state index contributed by atoms with van der Waals surface area (Å²) in [7, 11) is 0. The van der Waals surface area contributed by atoms with Gasteiger partial charge in [0.25, 0.3) is 0 Å². The molecule has 0 aliphatic carbocycles. The van der Waals surface area contributed by atoms with Gasteiger partial charge in [-0.15, -0.1) is 12.4 Å². The minimum atomic E-state index is 0. The van der Waals surface area contributed by atoms with Gasteiger partial charge in [0.15, 0.2) is 0 Å². The van der Waals surface area contributed by atoms with Gasteiger partial charge in [-0.05, 0) is 37.3 Å². The van der Waals surface area contributed by atoms with Crippen LogP contribution in [-0.2, 0) is 6.42 Å². The van der Waals surface area contributed by atoms with Gasteiger partial charge in [0.1, 0.15) is 0 Å². The maximum Gasteiger partial charge on any atom is 0.0893 e. The van der Waals surface area contributed by atoms with Gasteiger partial charge in [-0.2, -0.15) is 0 Å². The van der Waals surface area contributed by atoms with Crippen molar-refractivity contribution < 1.29 is 0 Å². The number of halogens is 3. The minimum Gasteiger partial charge on any atom is -0.359 e. The van der Waals surface area contributed by atoms with Crippen LogP contribution in [0.5, 0.6) is 0 Å². The topological polar surface area (TPSA) is 6.48 Å². The minimum absolute atomic E-state index is 0. The van der Waals surface area contributed by atoms with Crippen molar-refractivity contribution in [3.8, 4) is 0 Å². The number of rotatable bonds is 11. The number of unbranched alkanes of at least 4 members (excludes halogenated alkanes) is 5. The van der Waals surface area contributed by atoms with Crippen molar-refractivity contribution in [1.82, 2.24) is 9.80 Å². The Labute approximate surface area is 169 Å². The van der Waals surface area contributed by atoms with Crippen LogP contribution >= 0.6 is 35.6 Å². The summed E-state index contributed by atoms with van der Waals surface area (Å²) >= 11 is 12.3. The molecule has 0 amide bonds. The molecule has 1 aromatic rings. The van der Waals surface area contributed by atoms with Crippen LogP contribution in [0.2, 0.25) is 10.0 Å². The second kappa shape index (κ2) is 12.7. The van der Waals surface area contributed by atoms with Gasteiger partial charge in [-0.25, -0.2) is 0 Å². The average molecular weight is 406 g/mol. The molecule has 2 rings (SSSR count). The van der Waals surface area contributed by atoms with Crippen LogP contribution in [0.4, 0.5) is 0 Å². The van der Waals surface area contributed by atoms with Crippen molar-refractivity contribution in [1.29, 1.82) is 0 Å². The molecule has 2 nitrogen and oxygen atoms in total. The van der Waals surface area contributed by atoms with Crippen LogP contribution in [0.1, 0.15) is 57.4 Å². The van der Waals surface area contributed by atoms with Crippen molar-refractivity contribution in [3.05, 3.63) is 46.2 Å². The monoisotopic (exact) mass is 404 g/mol. The molecule has 1 aliphatic rings. The van der Waals surface area contributed by atoms with Crippen LogP contribution in [0.3, 0.4) is 0 Å². The first kappa shape index (κ1) is 22.5. The molecule has 1 aliphatic heterocycles. The molecule has 1 heterocycles. The first-order valence-corrected chi connectivity index (χ1v) is 10.1. The second-order valence-corrected chi connectivity index (χ2v) is 7.43. The van der Waals surface area contributed by atoms with E-state index >= 15 is 0 Å². The Kier molecular flexibility index (Phi) is 11.4. The molecule has 0 N–H and O–H groups in total. The molecule has 0 atom stereocenters. The summed E-state index contributed by atoms with van der Waals surface area (Å²) in [6.45, 7) is 5.61. The summed E-state index contributed by atoms with van der Waals surface area (Å²) in [6.07, 6.45) is 14.5. The molecule has 0 spiro atoms. The van der Waals surface area contributed by atoms with E-state index in [0.29, 0.717) is 5.02 Å². The normalized spacial score (nSPS) is 13.4. The molecule has 0 aromatic heterocycles. The Morgan fingerprint density at radius 2 is 1.52 bits per heavy atom. The van der Waals surface area contributed by atoms with E-state index in [1.165, 1.54) is 45.1 Å². The Morgan fingerprint density at radius 3 is 2.20 bits per heavy atom. The quantitative estimate of drug-likeness (QED) is 0.375. The largest absolute Gasteiger partial charge is 0.359 e. The predicted octanol–water partition coefficient (Wildman–Crippen LogP) is 6.75. The number of aryl methyl sites for hydroxylation is 1. The number of hydrogen-bond acceptors (Lipinski definition) is 2. The standard InChI is InChI=1S/C20H30Cl2N2.ClH/c1-2-3-4-5-7-13-23-15-16-24(17-23)14-8-6-10-18-11-9-12-19(21)20(18)22;/h9,11-12,15-16H,2-8,10,13-14,17H2,1H3;1H. The molecule has 0 unspecified atom stereocenters. The third kappa shape index (κ3) is 8.11. The molecule has 0 fully saturated rings. The van der Waals surface area contributed by atoms with Gasteiger partial charge >= 0.3 is 0 Å². The smallest absolute Gasteiger partial charge is 0.0893 e. The van der Waals surface area contributed by atoms with Gasteiger partial charge in [-0.1, -0.05) is 67.9 Å². The fourth-order valence-electron chi connectivity index (χ4n) is 3.10. The Bertz CT molecular complexity index is 520. The lowest BCUT2D eigenvalue weighted by molar-refractivity contribution is 0.258. The average Bonchev–Trinajstić information content (AvgIpc) is 3.03. The third-order valence-corrected chi connectivity index (χ3v) is 5.43. The van der Waals surface area contributed by atoms with Crippen LogP contribution in [-0.4, -0.2) is 29.6 Å². The zero-order valence-electron chi connectivity index (χ0n) is 15.2. The van der Waals surface area contributed by atoms with Crippen LogP contribution < -0.4 is 0 Å². The zero-order valence-corrected chi connectivity index (χ0v) is 17.6. The van der Waals surface area contributed by atoms with Gasteiger partial charge in [0, 0.05) is 25.5 Å². The van der Waals surface area contributed by atoms with Crippen molar-refractivity contribution in [2.75, 3.05) is 19.8 Å². The Morgan fingerprint density at radius 1 is 0.880 bits per heavy atom. The van der Waals surface area contributed by atoms with E-state index < -0.39 is 0 Å². The first-order chi connectivity index (χ1) is 11.7. The summed E-state index contributed by atoms with van der Waals surface area (Å²) in [5.41, 5.74) is 1.16. The number of nitrogens with zero attached hydrogens (tertiary/aromatic N) is 2. The van der Waals surface area contributed by atoms with Gasteiger partial charge in [0.2, 0.25) is 0 Å². The molecule has 142 valence electrons. The summed E-state index contributed by atoms with van der Waals surface area (Å²) in [6, 6.07) is 5.90. The lowest BCUT2D eigenvalue weighted by Crippen LogP contribution is -2.26. The van der Waals surface area contributed by atoms with E-state index in [-0.39, 0.29) is 12.4 Å². The lowest BCUT2D eigenvalue weighted by Gasteiger charge is -2.21. The SMILES string of the molecule is CCCCCCCN1C=CN(CCCCc2cccc(Cl)c2Cl)C1.Cl. The summed E-state index contributed by atoms with van der Waals surface area (Å²) in [5, 5.41) is 1.38. The van der Waals surface area contributed by atoms with E-state index in [1.54, 1.807) is 0 Å². The van der Waals surface area contributed by atoms with E-state index in [0.717, 1.165) is 36.6 Å². The van der Waals surface area contributed by atoms with Crippen molar-refractivity contribution >= 4 is 35.6 Å². The maximum atomic E-state index is 6.24. The molecular formula is C20H31Cl3N2. The molecule has 0 saturated heterocycles. The van der Waals surface area contributed by atoms with Crippen molar-refractivity contribution in [2.45, 2.75) is 58.3 Å².